The monoisotopic (exact) mass is 346 g/mol. The molecule has 0 saturated carbocycles. The van der Waals surface area contributed by atoms with Crippen LogP contribution in [0.1, 0.15) is 11.3 Å². The van der Waals surface area contributed by atoms with Gasteiger partial charge in [-0.25, -0.2) is 4.98 Å². The van der Waals surface area contributed by atoms with Crippen LogP contribution in [-0.2, 0) is 12.7 Å². The number of halogens is 4. The lowest BCUT2D eigenvalue weighted by Gasteiger charge is -2.13. The van der Waals surface area contributed by atoms with Crippen molar-refractivity contribution in [3.63, 3.8) is 0 Å². The molecule has 2 rings (SSSR count). The van der Waals surface area contributed by atoms with Crippen molar-refractivity contribution < 1.29 is 17.9 Å². The average Bonchev–Trinajstić information content (AvgIpc) is 2.40. The zero-order chi connectivity index (χ0) is 14.8. The number of alkyl halides is 3. The maximum Gasteiger partial charge on any atom is 0.433 e. The van der Waals surface area contributed by atoms with Gasteiger partial charge < -0.3 is 10.5 Å². The molecule has 0 aliphatic carbocycles. The molecule has 2 N–H and O–H groups in total. The van der Waals surface area contributed by atoms with Crippen LogP contribution in [0.4, 0.5) is 13.2 Å². The molecule has 3 nitrogen and oxygen atoms in total. The van der Waals surface area contributed by atoms with Gasteiger partial charge in [-0.1, -0.05) is 18.2 Å². The number of hydrogen-bond acceptors (Lipinski definition) is 3. The van der Waals surface area contributed by atoms with Crippen molar-refractivity contribution in [2.75, 3.05) is 0 Å². The minimum absolute atomic E-state index is 0.0327. The quantitative estimate of drug-likeness (QED) is 0.909. The Kier molecular flexibility index (Phi) is 4.29. The number of nitrogens with zero attached hydrogens (tertiary/aromatic N) is 1. The van der Waals surface area contributed by atoms with Gasteiger partial charge in [-0.05, 0) is 34.1 Å². The first-order chi connectivity index (χ1) is 9.41. The van der Waals surface area contributed by atoms with Crippen molar-refractivity contribution in [2.45, 2.75) is 12.7 Å². The lowest BCUT2D eigenvalue weighted by molar-refractivity contribution is -0.141. The van der Waals surface area contributed by atoms with E-state index in [1.807, 2.05) is 0 Å². The normalized spacial score (nSPS) is 11.4. The fourth-order valence-electron chi connectivity index (χ4n) is 1.50. The highest BCUT2D eigenvalue weighted by atomic mass is 79.9. The fraction of sp³-hybridized carbons (Fsp3) is 0.154. The molecule has 1 aromatic heterocycles. The van der Waals surface area contributed by atoms with Crippen molar-refractivity contribution in [2.24, 2.45) is 5.73 Å². The molecule has 1 aromatic carbocycles. The number of aromatic nitrogens is 1. The van der Waals surface area contributed by atoms with E-state index in [2.05, 4.69) is 20.9 Å². The molecule has 0 saturated heterocycles. The summed E-state index contributed by atoms with van der Waals surface area (Å²) >= 11 is 3.25. The Hall–Kier alpha value is -1.60. The lowest BCUT2D eigenvalue weighted by Crippen LogP contribution is -2.10. The highest BCUT2D eigenvalue weighted by Gasteiger charge is 2.33. The number of benzene rings is 1. The van der Waals surface area contributed by atoms with Gasteiger partial charge in [0.1, 0.15) is 11.4 Å². The SMILES string of the molecule is NCc1ccc(C(F)(F)F)nc1Oc1ccccc1Br. The third-order valence-electron chi connectivity index (χ3n) is 2.49. The summed E-state index contributed by atoms with van der Waals surface area (Å²) in [6.07, 6.45) is -4.53. The summed E-state index contributed by atoms with van der Waals surface area (Å²) in [7, 11) is 0. The Labute approximate surface area is 121 Å². The molecule has 0 radical (unpaired) electrons. The summed E-state index contributed by atoms with van der Waals surface area (Å²) in [6, 6.07) is 8.95. The zero-order valence-corrected chi connectivity index (χ0v) is 11.7. The van der Waals surface area contributed by atoms with E-state index in [9.17, 15) is 13.2 Å². The van der Waals surface area contributed by atoms with Crippen LogP contribution in [0.2, 0.25) is 0 Å². The second-order valence-electron chi connectivity index (χ2n) is 3.90. The van der Waals surface area contributed by atoms with E-state index in [0.717, 1.165) is 6.07 Å². The lowest BCUT2D eigenvalue weighted by atomic mass is 10.2. The summed E-state index contributed by atoms with van der Waals surface area (Å²) in [5.41, 5.74) is 4.87. The van der Waals surface area contributed by atoms with Gasteiger partial charge in [0.2, 0.25) is 5.88 Å². The smallest absolute Gasteiger partial charge is 0.433 e. The number of ether oxygens (including phenoxy) is 1. The van der Waals surface area contributed by atoms with Crippen LogP contribution in [0.25, 0.3) is 0 Å². The van der Waals surface area contributed by atoms with Gasteiger partial charge in [0.05, 0.1) is 4.47 Å². The molecule has 7 heteroatoms. The van der Waals surface area contributed by atoms with E-state index in [4.69, 9.17) is 10.5 Å². The Morgan fingerprint density at radius 2 is 1.85 bits per heavy atom. The van der Waals surface area contributed by atoms with Crippen LogP contribution < -0.4 is 10.5 Å². The number of hydrogen-bond donors (Lipinski definition) is 1. The Bertz CT molecular complexity index is 617. The highest BCUT2D eigenvalue weighted by molar-refractivity contribution is 9.10. The Morgan fingerprint density at radius 1 is 1.15 bits per heavy atom. The summed E-state index contributed by atoms with van der Waals surface area (Å²) in [5.74, 6) is 0.225. The topological polar surface area (TPSA) is 48.1 Å². The maximum atomic E-state index is 12.7. The zero-order valence-electron chi connectivity index (χ0n) is 10.1. The third kappa shape index (κ3) is 3.29. The summed E-state index contributed by atoms with van der Waals surface area (Å²) in [6.45, 7) is 0.0327. The first-order valence-electron chi connectivity index (χ1n) is 5.61. The molecule has 0 spiro atoms. The third-order valence-corrected chi connectivity index (χ3v) is 3.15. The standard InChI is InChI=1S/C13H10BrF3N2O/c14-9-3-1-2-4-10(9)20-12-8(7-18)5-6-11(19-12)13(15,16)17/h1-6H,7,18H2. The fourth-order valence-corrected chi connectivity index (χ4v) is 1.87. The first-order valence-corrected chi connectivity index (χ1v) is 6.40. The van der Waals surface area contributed by atoms with Gasteiger partial charge in [-0.15, -0.1) is 0 Å². The number of pyridine rings is 1. The first kappa shape index (κ1) is 14.8. The number of rotatable bonds is 3. The van der Waals surface area contributed by atoms with Gasteiger partial charge in [0.25, 0.3) is 0 Å². The summed E-state index contributed by atoms with van der Waals surface area (Å²) in [4.78, 5) is 3.50. The Balaban J connectivity index is 2.42. The van der Waals surface area contributed by atoms with Gasteiger partial charge in [-0.3, -0.25) is 0 Å². The van der Waals surface area contributed by atoms with E-state index in [1.54, 1.807) is 24.3 Å². The van der Waals surface area contributed by atoms with Crippen molar-refractivity contribution in [3.05, 3.63) is 52.1 Å². The van der Waals surface area contributed by atoms with Gasteiger partial charge in [0.15, 0.2) is 0 Å². The Morgan fingerprint density at radius 3 is 2.45 bits per heavy atom. The van der Waals surface area contributed by atoms with Crippen LogP contribution in [0.3, 0.4) is 0 Å². The molecule has 106 valence electrons. The minimum atomic E-state index is -4.53. The molecule has 0 atom stereocenters. The molecule has 0 aliphatic rings. The van der Waals surface area contributed by atoms with Crippen molar-refractivity contribution in [1.29, 1.82) is 0 Å². The van der Waals surface area contributed by atoms with E-state index in [-0.39, 0.29) is 12.4 Å². The van der Waals surface area contributed by atoms with Crippen molar-refractivity contribution in [1.82, 2.24) is 4.98 Å². The van der Waals surface area contributed by atoms with Crippen molar-refractivity contribution in [3.8, 4) is 11.6 Å². The van der Waals surface area contributed by atoms with Crippen LogP contribution in [0, 0.1) is 0 Å². The van der Waals surface area contributed by atoms with Gasteiger partial charge in [-0.2, -0.15) is 13.2 Å². The summed E-state index contributed by atoms with van der Waals surface area (Å²) < 4.78 is 44.0. The molecule has 2 aromatic rings. The van der Waals surface area contributed by atoms with Crippen molar-refractivity contribution >= 4 is 15.9 Å². The molecule has 0 bridgehead atoms. The molecule has 0 unspecified atom stereocenters. The van der Waals surface area contributed by atoms with Crippen LogP contribution >= 0.6 is 15.9 Å². The van der Waals surface area contributed by atoms with Crippen LogP contribution in [-0.4, -0.2) is 4.98 Å². The molecule has 0 fully saturated rings. The number of para-hydroxylation sites is 1. The van der Waals surface area contributed by atoms with E-state index in [0.29, 0.717) is 15.8 Å². The molecular formula is C13H10BrF3N2O. The molecule has 0 amide bonds. The van der Waals surface area contributed by atoms with Gasteiger partial charge >= 0.3 is 6.18 Å². The van der Waals surface area contributed by atoms with Gasteiger partial charge in [0, 0.05) is 12.1 Å². The summed E-state index contributed by atoms with van der Waals surface area (Å²) in [5, 5.41) is 0. The molecule has 1 heterocycles. The predicted molar refractivity (Wildman–Crippen MR) is 71.3 cm³/mol. The minimum Gasteiger partial charge on any atom is -0.437 e. The molecule has 20 heavy (non-hydrogen) atoms. The average molecular weight is 347 g/mol. The second-order valence-corrected chi connectivity index (χ2v) is 4.75. The van der Waals surface area contributed by atoms with E-state index < -0.39 is 11.9 Å². The largest absolute Gasteiger partial charge is 0.437 e. The molecule has 0 aliphatic heterocycles. The number of nitrogens with two attached hydrogens (primary N) is 1. The maximum absolute atomic E-state index is 12.7. The highest BCUT2D eigenvalue weighted by Crippen LogP contribution is 2.33. The second kappa shape index (κ2) is 5.80. The van der Waals surface area contributed by atoms with E-state index in [1.165, 1.54) is 6.07 Å². The van der Waals surface area contributed by atoms with Crippen LogP contribution in [0.5, 0.6) is 11.6 Å². The predicted octanol–water partition coefficient (Wildman–Crippen LogP) is 4.11. The van der Waals surface area contributed by atoms with Crippen LogP contribution in [0.15, 0.2) is 40.9 Å². The molecular weight excluding hydrogens is 337 g/mol. The van der Waals surface area contributed by atoms with E-state index >= 15 is 0 Å².